The molecule has 31 heavy (non-hydrogen) atoms. The number of carbonyl (C=O) groups excluding carboxylic acids is 4. The summed E-state index contributed by atoms with van der Waals surface area (Å²) >= 11 is 0. The highest BCUT2D eigenvalue weighted by Crippen LogP contribution is 2.04. The molecule has 0 radical (unpaired) electrons. The molecule has 11 nitrogen and oxygen atoms in total. The first-order chi connectivity index (χ1) is 14.3. The third-order valence-electron chi connectivity index (χ3n) is 4.57. The first-order valence-electron chi connectivity index (χ1n) is 10.4. The molecule has 0 aliphatic heterocycles. The van der Waals surface area contributed by atoms with E-state index in [1.807, 2.05) is 6.92 Å². The molecular weight excluding hydrogens is 406 g/mol. The molecule has 0 aromatic heterocycles. The Morgan fingerprint density at radius 1 is 0.935 bits per heavy atom. The van der Waals surface area contributed by atoms with E-state index in [1.54, 1.807) is 27.7 Å². The lowest BCUT2D eigenvalue weighted by Crippen LogP contribution is -2.56. The molecular formula is C20H37N5O6. The average Bonchev–Trinajstić information content (AvgIpc) is 2.67. The zero-order valence-corrected chi connectivity index (χ0v) is 19.2. The Labute approximate surface area is 183 Å². The zero-order valence-electron chi connectivity index (χ0n) is 19.2. The number of rotatable bonds is 13. The summed E-state index contributed by atoms with van der Waals surface area (Å²) in [5, 5.41) is 16.5. The molecule has 4 amide bonds. The minimum absolute atomic E-state index is 0.0929. The van der Waals surface area contributed by atoms with Crippen LogP contribution in [0.25, 0.3) is 0 Å². The number of carboxylic acids is 1. The second kappa shape index (κ2) is 13.6. The number of hydrogen-bond acceptors (Lipinski definition) is 6. The van der Waals surface area contributed by atoms with Gasteiger partial charge in [-0.3, -0.25) is 24.0 Å². The molecule has 0 aromatic rings. The smallest absolute Gasteiger partial charge is 0.323 e. The third-order valence-corrected chi connectivity index (χ3v) is 4.57. The van der Waals surface area contributed by atoms with Crippen LogP contribution in [-0.2, 0) is 24.0 Å². The minimum atomic E-state index is -1.15. The van der Waals surface area contributed by atoms with Crippen LogP contribution in [0.4, 0.5) is 0 Å². The van der Waals surface area contributed by atoms with Crippen molar-refractivity contribution in [2.24, 2.45) is 17.6 Å². The molecule has 0 bridgehead atoms. The molecule has 6 N–H and O–H groups in total. The van der Waals surface area contributed by atoms with Gasteiger partial charge in [0.15, 0.2) is 0 Å². The number of nitrogens with two attached hydrogens (primary N) is 1. The molecule has 0 unspecified atom stereocenters. The lowest BCUT2D eigenvalue weighted by Gasteiger charge is -2.27. The van der Waals surface area contributed by atoms with Gasteiger partial charge >= 0.3 is 5.97 Å². The third kappa shape index (κ3) is 10.3. The van der Waals surface area contributed by atoms with E-state index in [2.05, 4.69) is 16.0 Å². The van der Waals surface area contributed by atoms with Gasteiger partial charge in [-0.05, 0) is 25.2 Å². The monoisotopic (exact) mass is 443 g/mol. The fourth-order valence-corrected chi connectivity index (χ4v) is 2.69. The Kier molecular flexibility index (Phi) is 12.4. The van der Waals surface area contributed by atoms with E-state index in [0.717, 1.165) is 4.90 Å². The van der Waals surface area contributed by atoms with Crippen LogP contribution in [0.5, 0.6) is 0 Å². The number of hydrogen-bond donors (Lipinski definition) is 5. The maximum absolute atomic E-state index is 12.7. The Morgan fingerprint density at radius 2 is 1.52 bits per heavy atom. The Balaban J connectivity index is 4.96. The predicted octanol–water partition coefficient (Wildman–Crippen LogP) is -0.945. The van der Waals surface area contributed by atoms with E-state index in [9.17, 15) is 24.0 Å². The van der Waals surface area contributed by atoms with Gasteiger partial charge in [-0.2, -0.15) is 0 Å². The summed E-state index contributed by atoms with van der Waals surface area (Å²) in [5.74, 6) is -3.69. The lowest BCUT2D eigenvalue weighted by molar-refractivity contribution is -0.145. The molecule has 178 valence electrons. The van der Waals surface area contributed by atoms with Gasteiger partial charge in [-0.1, -0.05) is 34.6 Å². The van der Waals surface area contributed by atoms with Gasteiger partial charge in [-0.15, -0.1) is 0 Å². The topological polar surface area (TPSA) is 171 Å². The van der Waals surface area contributed by atoms with Crippen molar-refractivity contribution in [3.8, 4) is 0 Å². The second-order valence-corrected chi connectivity index (χ2v) is 8.16. The van der Waals surface area contributed by atoms with Crippen molar-refractivity contribution in [1.29, 1.82) is 0 Å². The van der Waals surface area contributed by atoms with E-state index in [4.69, 9.17) is 10.8 Å². The van der Waals surface area contributed by atoms with Crippen LogP contribution < -0.4 is 21.7 Å². The van der Waals surface area contributed by atoms with Crippen LogP contribution in [0.1, 0.15) is 48.0 Å². The van der Waals surface area contributed by atoms with Crippen LogP contribution in [0.15, 0.2) is 0 Å². The predicted molar refractivity (Wildman–Crippen MR) is 115 cm³/mol. The van der Waals surface area contributed by atoms with Crippen molar-refractivity contribution in [3.63, 3.8) is 0 Å². The largest absolute Gasteiger partial charge is 0.480 e. The lowest BCUT2D eigenvalue weighted by atomic mass is 10.0. The molecule has 0 saturated carbocycles. The van der Waals surface area contributed by atoms with Crippen molar-refractivity contribution >= 4 is 29.6 Å². The maximum atomic E-state index is 12.7. The highest BCUT2D eigenvalue weighted by Gasteiger charge is 2.29. The molecule has 0 aliphatic carbocycles. The van der Waals surface area contributed by atoms with Crippen molar-refractivity contribution in [3.05, 3.63) is 0 Å². The molecule has 0 fully saturated rings. The van der Waals surface area contributed by atoms with Gasteiger partial charge in [0.1, 0.15) is 18.6 Å². The molecule has 0 rings (SSSR count). The summed E-state index contributed by atoms with van der Waals surface area (Å²) in [6.45, 7) is 9.71. The SMILES string of the molecule is CCCN(CC(=O)O)C(=O)[C@H](C)NC(=O)[C@@H](NC(=O)CNC(=O)[C@@H](N)C(C)C)C(C)C. The first-order valence-corrected chi connectivity index (χ1v) is 10.4. The standard InChI is InChI=1S/C20H37N5O6/c1-7-8-25(10-15(27)28)20(31)13(6)23-19(30)17(12(4)5)24-14(26)9-22-18(29)16(21)11(2)3/h11-13,16-17H,7-10,21H2,1-6H3,(H,22,29)(H,23,30)(H,24,26)(H,27,28)/t13-,16-,17-/m0/s1. The number of carbonyl (C=O) groups is 5. The van der Waals surface area contributed by atoms with Crippen LogP contribution in [0.2, 0.25) is 0 Å². The van der Waals surface area contributed by atoms with Gasteiger partial charge in [0, 0.05) is 6.54 Å². The zero-order chi connectivity index (χ0) is 24.3. The number of amides is 4. The van der Waals surface area contributed by atoms with Crippen LogP contribution in [0.3, 0.4) is 0 Å². The van der Waals surface area contributed by atoms with Crippen LogP contribution >= 0.6 is 0 Å². The molecule has 11 heteroatoms. The fraction of sp³-hybridized carbons (Fsp3) is 0.750. The summed E-state index contributed by atoms with van der Waals surface area (Å²) in [6, 6.07) is -2.67. The highest BCUT2D eigenvalue weighted by atomic mass is 16.4. The molecule has 0 saturated heterocycles. The summed E-state index contributed by atoms with van der Waals surface area (Å²) in [5.41, 5.74) is 5.72. The van der Waals surface area contributed by atoms with Crippen LogP contribution in [0, 0.1) is 11.8 Å². The first kappa shape index (κ1) is 28.3. The van der Waals surface area contributed by atoms with Gasteiger partial charge in [0.2, 0.25) is 23.6 Å². The van der Waals surface area contributed by atoms with E-state index in [1.165, 1.54) is 6.92 Å². The molecule has 0 spiro atoms. The quantitative estimate of drug-likeness (QED) is 0.244. The minimum Gasteiger partial charge on any atom is -0.480 e. The van der Waals surface area contributed by atoms with E-state index < -0.39 is 54.3 Å². The van der Waals surface area contributed by atoms with Crippen molar-refractivity contribution in [2.75, 3.05) is 19.6 Å². The average molecular weight is 444 g/mol. The number of nitrogens with zero attached hydrogens (tertiary/aromatic N) is 1. The molecule has 3 atom stereocenters. The Hall–Kier alpha value is -2.69. The van der Waals surface area contributed by atoms with Gasteiger partial charge in [0.25, 0.3) is 0 Å². The fourth-order valence-electron chi connectivity index (χ4n) is 2.69. The second-order valence-electron chi connectivity index (χ2n) is 8.16. The number of aliphatic carboxylic acids is 1. The Morgan fingerprint density at radius 3 is 1.97 bits per heavy atom. The van der Waals surface area contributed by atoms with Crippen molar-refractivity contribution in [2.45, 2.75) is 66.1 Å². The van der Waals surface area contributed by atoms with Gasteiger partial charge in [0.05, 0.1) is 12.6 Å². The normalized spacial score (nSPS) is 13.8. The Bertz CT molecular complexity index is 652. The summed E-state index contributed by atoms with van der Waals surface area (Å²) in [4.78, 5) is 61.4. The van der Waals surface area contributed by atoms with Gasteiger partial charge < -0.3 is 31.7 Å². The molecule has 0 heterocycles. The highest BCUT2D eigenvalue weighted by molar-refractivity contribution is 5.94. The van der Waals surface area contributed by atoms with Gasteiger partial charge in [-0.25, -0.2) is 0 Å². The van der Waals surface area contributed by atoms with E-state index >= 15 is 0 Å². The number of nitrogens with one attached hydrogen (secondary N) is 3. The summed E-state index contributed by atoms with van der Waals surface area (Å²) < 4.78 is 0. The molecule has 0 aliphatic rings. The van der Waals surface area contributed by atoms with E-state index in [-0.39, 0.29) is 24.9 Å². The number of carboxylic acid groups (broad SMARTS) is 1. The summed E-state index contributed by atoms with van der Waals surface area (Å²) in [7, 11) is 0. The van der Waals surface area contributed by atoms with Crippen molar-refractivity contribution in [1.82, 2.24) is 20.9 Å². The summed E-state index contributed by atoms with van der Waals surface area (Å²) in [6.07, 6.45) is 0.566. The molecule has 0 aromatic carbocycles. The maximum Gasteiger partial charge on any atom is 0.323 e. The van der Waals surface area contributed by atoms with Crippen LogP contribution in [-0.4, -0.2) is 77.4 Å². The van der Waals surface area contributed by atoms with E-state index in [0.29, 0.717) is 6.42 Å². The van der Waals surface area contributed by atoms with Crippen molar-refractivity contribution < 1.29 is 29.1 Å².